The number of aryl methyl sites for hydroxylation is 1. The number of nitrogens with zero attached hydrogens (tertiary/aromatic N) is 4. The highest BCUT2D eigenvalue weighted by atomic mass is 16.5. The van der Waals surface area contributed by atoms with Crippen LogP contribution in [0.3, 0.4) is 0 Å². The van der Waals surface area contributed by atoms with Crippen molar-refractivity contribution < 1.29 is 4.74 Å². The fraction of sp³-hybridized carbons (Fsp3) is 0.412. The SMILES string of the molecule is Cc1cccc(OCCN2CCN(c3ncccn3)CC2)c1. The maximum absolute atomic E-state index is 5.82. The average molecular weight is 298 g/mol. The molecule has 2 heterocycles. The van der Waals surface area contributed by atoms with Gasteiger partial charge in [0.15, 0.2) is 0 Å². The highest BCUT2D eigenvalue weighted by Gasteiger charge is 2.18. The molecule has 2 aromatic rings. The van der Waals surface area contributed by atoms with E-state index in [0.29, 0.717) is 0 Å². The summed E-state index contributed by atoms with van der Waals surface area (Å²) in [5.74, 6) is 1.79. The third-order valence-electron chi connectivity index (χ3n) is 3.87. The average Bonchev–Trinajstić information content (AvgIpc) is 2.56. The lowest BCUT2D eigenvalue weighted by Crippen LogP contribution is -2.48. The van der Waals surface area contributed by atoms with E-state index >= 15 is 0 Å². The van der Waals surface area contributed by atoms with Gasteiger partial charge in [-0.2, -0.15) is 0 Å². The smallest absolute Gasteiger partial charge is 0.225 e. The summed E-state index contributed by atoms with van der Waals surface area (Å²) < 4.78 is 5.82. The zero-order valence-corrected chi connectivity index (χ0v) is 13.0. The quantitative estimate of drug-likeness (QED) is 0.844. The molecule has 5 nitrogen and oxygen atoms in total. The van der Waals surface area contributed by atoms with Crippen LogP contribution in [0.1, 0.15) is 5.56 Å². The largest absolute Gasteiger partial charge is 0.492 e. The van der Waals surface area contributed by atoms with Crippen molar-refractivity contribution in [3.8, 4) is 5.75 Å². The Labute approximate surface area is 131 Å². The van der Waals surface area contributed by atoms with E-state index in [2.05, 4.69) is 38.8 Å². The summed E-state index contributed by atoms with van der Waals surface area (Å²) in [4.78, 5) is 13.3. The molecule has 0 N–H and O–H groups in total. The fourth-order valence-corrected chi connectivity index (χ4v) is 2.62. The molecule has 0 bridgehead atoms. The molecule has 1 fully saturated rings. The lowest BCUT2D eigenvalue weighted by atomic mass is 10.2. The first kappa shape index (κ1) is 14.8. The summed E-state index contributed by atoms with van der Waals surface area (Å²) in [5.41, 5.74) is 1.23. The number of rotatable bonds is 5. The number of ether oxygens (including phenoxy) is 1. The normalized spacial score (nSPS) is 15.8. The Hall–Kier alpha value is -2.14. The van der Waals surface area contributed by atoms with Gasteiger partial charge in [-0.05, 0) is 30.7 Å². The summed E-state index contributed by atoms with van der Waals surface area (Å²) in [6, 6.07) is 10.0. The summed E-state index contributed by atoms with van der Waals surface area (Å²) in [6.07, 6.45) is 3.59. The van der Waals surface area contributed by atoms with E-state index in [1.54, 1.807) is 12.4 Å². The zero-order chi connectivity index (χ0) is 15.2. The Kier molecular flexibility index (Phi) is 4.85. The van der Waals surface area contributed by atoms with Gasteiger partial charge in [0.1, 0.15) is 12.4 Å². The summed E-state index contributed by atoms with van der Waals surface area (Å²) in [5, 5.41) is 0. The van der Waals surface area contributed by atoms with Crippen molar-refractivity contribution in [1.29, 1.82) is 0 Å². The predicted molar refractivity (Wildman–Crippen MR) is 87.4 cm³/mol. The Morgan fingerprint density at radius 2 is 1.82 bits per heavy atom. The van der Waals surface area contributed by atoms with Crippen LogP contribution in [0, 0.1) is 6.92 Å². The van der Waals surface area contributed by atoms with Gasteiger partial charge >= 0.3 is 0 Å². The lowest BCUT2D eigenvalue weighted by molar-refractivity contribution is 0.200. The minimum Gasteiger partial charge on any atom is -0.492 e. The van der Waals surface area contributed by atoms with E-state index in [9.17, 15) is 0 Å². The maximum atomic E-state index is 5.82. The number of benzene rings is 1. The van der Waals surface area contributed by atoms with Crippen LogP contribution in [0.2, 0.25) is 0 Å². The van der Waals surface area contributed by atoms with Gasteiger partial charge < -0.3 is 9.64 Å². The second-order valence-electron chi connectivity index (χ2n) is 5.54. The second kappa shape index (κ2) is 7.22. The third-order valence-corrected chi connectivity index (χ3v) is 3.87. The summed E-state index contributed by atoms with van der Waals surface area (Å²) in [6.45, 7) is 7.74. The van der Waals surface area contributed by atoms with Gasteiger partial charge in [-0.15, -0.1) is 0 Å². The minimum atomic E-state index is 0.727. The Morgan fingerprint density at radius 3 is 2.55 bits per heavy atom. The molecule has 0 atom stereocenters. The van der Waals surface area contributed by atoms with Gasteiger partial charge in [-0.25, -0.2) is 9.97 Å². The van der Waals surface area contributed by atoms with E-state index < -0.39 is 0 Å². The van der Waals surface area contributed by atoms with Crippen LogP contribution in [0.15, 0.2) is 42.7 Å². The van der Waals surface area contributed by atoms with Crippen molar-refractivity contribution in [2.75, 3.05) is 44.2 Å². The standard InChI is InChI=1S/C17H22N4O/c1-15-4-2-5-16(14-15)22-13-12-20-8-10-21(11-9-20)17-18-6-3-7-19-17/h2-7,14H,8-13H2,1H3. The minimum absolute atomic E-state index is 0.727. The van der Waals surface area contributed by atoms with E-state index in [1.807, 2.05) is 18.2 Å². The molecule has 116 valence electrons. The number of aromatic nitrogens is 2. The molecule has 0 radical (unpaired) electrons. The summed E-state index contributed by atoms with van der Waals surface area (Å²) >= 11 is 0. The maximum Gasteiger partial charge on any atom is 0.225 e. The molecular weight excluding hydrogens is 276 g/mol. The molecule has 1 saturated heterocycles. The van der Waals surface area contributed by atoms with E-state index in [0.717, 1.165) is 51.0 Å². The van der Waals surface area contributed by atoms with Crippen LogP contribution in [-0.4, -0.2) is 54.2 Å². The van der Waals surface area contributed by atoms with Gasteiger partial charge in [0.2, 0.25) is 5.95 Å². The molecule has 0 spiro atoms. The Morgan fingerprint density at radius 1 is 1.05 bits per heavy atom. The van der Waals surface area contributed by atoms with E-state index in [-0.39, 0.29) is 0 Å². The first-order valence-corrected chi connectivity index (χ1v) is 7.75. The Bertz CT molecular complexity index is 582. The van der Waals surface area contributed by atoms with Gasteiger partial charge in [0, 0.05) is 45.1 Å². The van der Waals surface area contributed by atoms with Crippen molar-refractivity contribution >= 4 is 5.95 Å². The van der Waals surface area contributed by atoms with Crippen molar-refractivity contribution in [3.05, 3.63) is 48.3 Å². The number of anilines is 1. The monoisotopic (exact) mass is 298 g/mol. The fourth-order valence-electron chi connectivity index (χ4n) is 2.62. The van der Waals surface area contributed by atoms with Crippen molar-refractivity contribution in [2.24, 2.45) is 0 Å². The number of hydrogen-bond donors (Lipinski definition) is 0. The summed E-state index contributed by atoms with van der Waals surface area (Å²) in [7, 11) is 0. The zero-order valence-electron chi connectivity index (χ0n) is 13.0. The highest BCUT2D eigenvalue weighted by Crippen LogP contribution is 2.13. The lowest BCUT2D eigenvalue weighted by Gasteiger charge is -2.34. The van der Waals surface area contributed by atoms with Crippen LogP contribution >= 0.6 is 0 Å². The first-order valence-electron chi connectivity index (χ1n) is 7.75. The predicted octanol–water partition coefficient (Wildman–Crippen LogP) is 1.99. The topological polar surface area (TPSA) is 41.5 Å². The molecule has 1 aliphatic rings. The van der Waals surface area contributed by atoms with E-state index in [1.165, 1.54) is 5.56 Å². The van der Waals surface area contributed by atoms with Gasteiger partial charge in [0.25, 0.3) is 0 Å². The number of piperazine rings is 1. The molecule has 0 unspecified atom stereocenters. The third kappa shape index (κ3) is 3.95. The molecule has 0 aliphatic carbocycles. The molecule has 0 amide bonds. The molecule has 1 aliphatic heterocycles. The molecule has 0 saturated carbocycles. The first-order chi connectivity index (χ1) is 10.8. The number of hydrogen-bond acceptors (Lipinski definition) is 5. The van der Waals surface area contributed by atoms with Crippen LogP contribution in [0.25, 0.3) is 0 Å². The molecule has 22 heavy (non-hydrogen) atoms. The molecule has 1 aromatic carbocycles. The van der Waals surface area contributed by atoms with Crippen LogP contribution < -0.4 is 9.64 Å². The highest BCUT2D eigenvalue weighted by molar-refractivity contribution is 5.29. The van der Waals surface area contributed by atoms with Crippen molar-refractivity contribution in [2.45, 2.75) is 6.92 Å². The van der Waals surface area contributed by atoms with Gasteiger partial charge in [-0.1, -0.05) is 12.1 Å². The molecule has 5 heteroatoms. The Balaban J connectivity index is 1.41. The molecule has 3 rings (SSSR count). The van der Waals surface area contributed by atoms with E-state index in [4.69, 9.17) is 4.74 Å². The van der Waals surface area contributed by atoms with Crippen LogP contribution in [0.5, 0.6) is 5.75 Å². The van der Waals surface area contributed by atoms with Crippen LogP contribution in [-0.2, 0) is 0 Å². The van der Waals surface area contributed by atoms with Crippen molar-refractivity contribution in [3.63, 3.8) is 0 Å². The van der Waals surface area contributed by atoms with Crippen LogP contribution in [0.4, 0.5) is 5.95 Å². The second-order valence-corrected chi connectivity index (χ2v) is 5.54. The molecule has 1 aromatic heterocycles. The molecular formula is C17H22N4O. The van der Waals surface area contributed by atoms with Gasteiger partial charge in [-0.3, -0.25) is 4.90 Å². The van der Waals surface area contributed by atoms with Crippen molar-refractivity contribution in [1.82, 2.24) is 14.9 Å². The van der Waals surface area contributed by atoms with Gasteiger partial charge in [0.05, 0.1) is 0 Å².